The minimum Gasteiger partial charge on any atom is -0.504 e. The quantitative estimate of drug-likeness (QED) is 0.254. The summed E-state index contributed by atoms with van der Waals surface area (Å²) < 4.78 is 5.46. The number of allylic oxidation sites excluding steroid dienone is 1. The largest absolute Gasteiger partial charge is 0.504 e. The molecule has 0 fully saturated rings. The van der Waals surface area contributed by atoms with E-state index in [-0.39, 0.29) is 22.3 Å². The lowest BCUT2D eigenvalue weighted by molar-refractivity contribution is -0.123. The molecule has 33 heavy (non-hydrogen) atoms. The van der Waals surface area contributed by atoms with Crippen LogP contribution in [0, 0.1) is 5.92 Å². The molecule has 0 saturated carbocycles. The van der Waals surface area contributed by atoms with Crippen LogP contribution < -0.4 is 15.5 Å². The maximum Gasteiger partial charge on any atom is 0.262 e. The Labute approximate surface area is 203 Å². The van der Waals surface area contributed by atoms with Gasteiger partial charge in [0.25, 0.3) is 11.8 Å². The fourth-order valence-corrected chi connectivity index (χ4v) is 3.50. The van der Waals surface area contributed by atoms with Crippen molar-refractivity contribution in [2.75, 3.05) is 6.61 Å². The SMILES string of the molecule is C=CCc1cc(/C=N/NC(=O)C(NC(=O)c2ccc(Cl)cc2Cl)C(C)C)cc(OCC)c1O. The van der Waals surface area contributed by atoms with E-state index in [0.29, 0.717) is 34.9 Å². The molecule has 0 aliphatic carbocycles. The molecule has 7 nitrogen and oxygen atoms in total. The maximum absolute atomic E-state index is 12.7. The molecule has 1 atom stereocenters. The lowest BCUT2D eigenvalue weighted by Gasteiger charge is -2.20. The van der Waals surface area contributed by atoms with Crippen molar-refractivity contribution in [3.05, 3.63) is 69.7 Å². The van der Waals surface area contributed by atoms with Crippen molar-refractivity contribution in [1.82, 2.24) is 10.7 Å². The Bertz CT molecular complexity index is 1050. The molecule has 176 valence electrons. The van der Waals surface area contributed by atoms with Gasteiger partial charge in [-0.15, -0.1) is 6.58 Å². The molecule has 2 rings (SSSR count). The second kappa shape index (κ2) is 12.3. The van der Waals surface area contributed by atoms with Crippen LogP contribution in [0.3, 0.4) is 0 Å². The van der Waals surface area contributed by atoms with E-state index in [0.717, 1.165) is 0 Å². The Morgan fingerprint density at radius 2 is 1.97 bits per heavy atom. The molecule has 2 amide bonds. The Morgan fingerprint density at radius 3 is 2.58 bits per heavy atom. The molecular weight excluding hydrogens is 465 g/mol. The van der Waals surface area contributed by atoms with Crippen molar-refractivity contribution < 1.29 is 19.4 Å². The van der Waals surface area contributed by atoms with Gasteiger partial charge in [0.1, 0.15) is 6.04 Å². The number of halogens is 2. The number of phenolic OH excluding ortho intramolecular Hbond substituents is 1. The predicted octanol–water partition coefficient (Wildman–Crippen LogP) is 4.73. The number of nitrogens with one attached hydrogen (secondary N) is 2. The highest BCUT2D eigenvalue weighted by atomic mass is 35.5. The summed E-state index contributed by atoms with van der Waals surface area (Å²) in [6.45, 7) is 9.48. The van der Waals surface area contributed by atoms with Crippen LogP contribution in [0.2, 0.25) is 10.0 Å². The second-order valence-corrected chi connectivity index (χ2v) is 8.35. The molecule has 9 heteroatoms. The number of hydrogen-bond acceptors (Lipinski definition) is 5. The number of rotatable bonds is 10. The number of amides is 2. The summed E-state index contributed by atoms with van der Waals surface area (Å²) in [5.41, 5.74) is 3.90. The average Bonchev–Trinajstić information content (AvgIpc) is 2.75. The highest BCUT2D eigenvalue weighted by Crippen LogP contribution is 2.32. The van der Waals surface area contributed by atoms with E-state index in [1.165, 1.54) is 18.3 Å². The van der Waals surface area contributed by atoms with E-state index in [4.69, 9.17) is 27.9 Å². The highest BCUT2D eigenvalue weighted by molar-refractivity contribution is 6.36. The third-order valence-corrected chi connectivity index (χ3v) is 5.19. The molecule has 0 radical (unpaired) electrons. The van der Waals surface area contributed by atoms with E-state index < -0.39 is 17.9 Å². The van der Waals surface area contributed by atoms with Gasteiger partial charge in [-0.1, -0.05) is 43.1 Å². The van der Waals surface area contributed by atoms with E-state index in [9.17, 15) is 14.7 Å². The van der Waals surface area contributed by atoms with Gasteiger partial charge in [-0.2, -0.15) is 5.10 Å². The maximum atomic E-state index is 12.7. The first-order chi connectivity index (χ1) is 15.7. The molecule has 0 bridgehead atoms. The predicted molar refractivity (Wildman–Crippen MR) is 131 cm³/mol. The number of ether oxygens (including phenoxy) is 1. The molecule has 0 aromatic heterocycles. The summed E-state index contributed by atoms with van der Waals surface area (Å²) in [4.78, 5) is 25.3. The van der Waals surface area contributed by atoms with Gasteiger partial charge in [0.05, 0.1) is 23.4 Å². The smallest absolute Gasteiger partial charge is 0.262 e. The van der Waals surface area contributed by atoms with E-state index in [1.807, 2.05) is 6.92 Å². The van der Waals surface area contributed by atoms with Gasteiger partial charge < -0.3 is 15.2 Å². The number of hydrogen-bond donors (Lipinski definition) is 3. The number of benzene rings is 2. The topological polar surface area (TPSA) is 100 Å². The van der Waals surface area contributed by atoms with Crippen molar-refractivity contribution in [3.8, 4) is 11.5 Å². The number of phenols is 1. The summed E-state index contributed by atoms with van der Waals surface area (Å²) in [6, 6.07) is 6.99. The Morgan fingerprint density at radius 1 is 1.24 bits per heavy atom. The first-order valence-electron chi connectivity index (χ1n) is 10.4. The number of aromatic hydroxyl groups is 1. The number of nitrogens with zero attached hydrogens (tertiary/aromatic N) is 1. The zero-order valence-electron chi connectivity index (χ0n) is 18.7. The van der Waals surface area contributed by atoms with Crippen LogP contribution in [0.15, 0.2) is 48.1 Å². The summed E-state index contributed by atoms with van der Waals surface area (Å²) in [5, 5.41) is 17.6. The first kappa shape index (κ1) is 26.2. The van der Waals surface area contributed by atoms with Gasteiger partial charge in [-0.3, -0.25) is 9.59 Å². The minimum atomic E-state index is -0.850. The van der Waals surface area contributed by atoms with E-state index in [1.54, 1.807) is 38.1 Å². The summed E-state index contributed by atoms with van der Waals surface area (Å²) >= 11 is 12.0. The normalized spacial score (nSPS) is 11.9. The van der Waals surface area contributed by atoms with Crippen molar-refractivity contribution >= 4 is 41.2 Å². The molecule has 3 N–H and O–H groups in total. The lowest BCUT2D eigenvalue weighted by Crippen LogP contribution is -2.48. The third-order valence-electron chi connectivity index (χ3n) is 4.64. The molecule has 1 unspecified atom stereocenters. The summed E-state index contributed by atoms with van der Waals surface area (Å²) in [6.07, 6.45) is 3.53. The van der Waals surface area contributed by atoms with Gasteiger partial charge in [-0.05, 0) is 55.2 Å². The van der Waals surface area contributed by atoms with Crippen LogP contribution >= 0.6 is 23.2 Å². The van der Waals surface area contributed by atoms with E-state index >= 15 is 0 Å². The zero-order chi connectivity index (χ0) is 24.5. The van der Waals surface area contributed by atoms with Crippen LogP contribution in [-0.2, 0) is 11.2 Å². The molecule has 2 aromatic carbocycles. The van der Waals surface area contributed by atoms with Gasteiger partial charge >= 0.3 is 0 Å². The fraction of sp³-hybridized carbons (Fsp3) is 0.292. The number of carbonyl (C=O) groups is 2. The van der Waals surface area contributed by atoms with Crippen molar-refractivity contribution in [3.63, 3.8) is 0 Å². The molecule has 0 aliphatic heterocycles. The molecule has 0 heterocycles. The lowest BCUT2D eigenvalue weighted by atomic mass is 10.0. The van der Waals surface area contributed by atoms with Crippen molar-refractivity contribution in [2.24, 2.45) is 11.0 Å². The molecule has 0 saturated heterocycles. The monoisotopic (exact) mass is 491 g/mol. The molecule has 0 spiro atoms. The van der Waals surface area contributed by atoms with Gasteiger partial charge in [0.15, 0.2) is 11.5 Å². The third kappa shape index (κ3) is 7.23. The van der Waals surface area contributed by atoms with Crippen LogP contribution in [0.5, 0.6) is 11.5 Å². The standard InChI is InChI=1S/C24H27Cl2N3O4/c1-5-7-16-10-15(11-20(22(16)30)33-6-2)13-27-29-24(32)21(14(3)4)28-23(31)18-9-8-17(25)12-19(18)26/h5,8-14,21,30H,1,6-7H2,2-4H3,(H,28,31)(H,29,32)/b27-13+. The number of carbonyl (C=O) groups excluding carboxylic acids is 2. The Kier molecular flexibility index (Phi) is 9.75. The molecular formula is C24H27Cl2N3O4. The Hall–Kier alpha value is -3.03. The summed E-state index contributed by atoms with van der Waals surface area (Å²) in [7, 11) is 0. The fourth-order valence-electron chi connectivity index (χ4n) is 3.01. The van der Waals surface area contributed by atoms with Crippen molar-refractivity contribution in [2.45, 2.75) is 33.2 Å². The first-order valence-corrected chi connectivity index (χ1v) is 11.1. The van der Waals surface area contributed by atoms with Crippen LogP contribution in [0.25, 0.3) is 0 Å². The van der Waals surface area contributed by atoms with Gasteiger partial charge in [-0.25, -0.2) is 5.43 Å². The van der Waals surface area contributed by atoms with Crippen LogP contribution in [0.4, 0.5) is 0 Å². The number of hydrazone groups is 1. The van der Waals surface area contributed by atoms with Crippen LogP contribution in [0.1, 0.15) is 42.3 Å². The highest BCUT2D eigenvalue weighted by Gasteiger charge is 2.25. The average molecular weight is 492 g/mol. The van der Waals surface area contributed by atoms with E-state index in [2.05, 4.69) is 22.4 Å². The zero-order valence-corrected chi connectivity index (χ0v) is 20.2. The summed E-state index contributed by atoms with van der Waals surface area (Å²) in [5.74, 6) is -0.843. The molecule has 0 aliphatic rings. The minimum absolute atomic E-state index is 0.0429. The van der Waals surface area contributed by atoms with Gasteiger partial charge in [0.2, 0.25) is 0 Å². The van der Waals surface area contributed by atoms with Gasteiger partial charge in [0, 0.05) is 10.6 Å². The Balaban J connectivity index is 2.14. The van der Waals surface area contributed by atoms with Crippen LogP contribution in [-0.4, -0.2) is 35.8 Å². The second-order valence-electron chi connectivity index (χ2n) is 7.51. The van der Waals surface area contributed by atoms with Crippen molar-refractivity contribution in [1.29, 1.82) is 0 Å². The molecule has 2 aromatic rings.